The molecule has 0 radical (unpaired) electrons. The van der Waals surface area contributed by atoms with Gasteiger partial charge in [-0.3, -0.25) is 0 Å². The zero-order chi connectivity index (χ0) is 13.0. The Kier molecular flexibility index (Phi) is 3.73. The molecule has 18 heavy (non-hydrogen) atoms. The van der Waals surface area contributed by atoms with Crippen LogP contribution in [0.4, 0.5) is 5.69 Å². The minimum atomic E-state index is -0.514. The van der Waals surface area contributed by atoms with E-state index in [2.05, 4.69) is 23.6 Å². The number of rotatable bonds is 3. The first-order chi connectivity index (χ1) is 8.72. The Labute approximate surface area is 108 Å². The molecule has 2 rings (SSSR count). The second-order valence-corrected chi connectivity index (χ2v) is 4.76. The van der Waals surface area contributed by atoms with Crippen molar-refractivity contribution in [3.8, 4) is 11.8 Å². The third-order valence-electron chi connectivity index (χ3n) is 3.65. The van der Waals surface area contributed by atoms with Crippen LogP contribution < -0.4 is 15.4 Å². The van der Waals surface area contributed by atoms with Gasteiger partial charge in [-0.25, -0.2) is 0 Å². The Bertz CT molecular complexity index is 455. The molecular formula is C14H19N3O. The Morgan fingerprint density at radius 2 is 2.28 bits per heavy atom. The molecule has 0 spiro atoms. The van der Waals surface area contributed by atoms with Crippen LogP contribution in [-0.4, -0.2) is 25.7 Å². The summed E-state index contributed by atoms with van der Waals surface area (Å²) >= 11 is 0. The van der Waals surface area contributed by atoms with Crippen LogP contribution in [0.1, 0.15) is 13.3 Å². The van der Waals surface area contributed by atoms with Crippen molar-refractivity contribution in [3.63, 3.8) is 0 Å². The normalized spacial score (nSPS) is 27.3. The van der Waals surface area contributed by atoms with E-state index in [0.717, 1.165) is 30.9 Å². The van der Waals surface area contributed by atoms with Crippen LogP contribution >= 0.6 is 0 Å². The first-order valence-corrected chi connectivity index (χ1v) is 6.25. The highest BCUT2D eigenvalue weighted by Crippen LogP contribution is 2.32. The van der Waals surface area contributed by atoms with Gasteiger partial charge in [0.15, 0.2) is 0 Å². The summed E-state index contributed by atoms with van der Waals surface area (Å²) in [5.74, 6) is 1.03. The lowest BCUT2D eigenvalue weighted by Crippen LogP contribution is -2.53. The Morgan fingerprint density at radius 3 is 2.94 bits per heavy atom. The maximum atomic E-state index is 9.56. The summed E-state index contributed by atoms with van der Waals surface area (Å²) in [6.07, 6.45) is 0.794. The molecule has 1 saturated heterocycles. The second kappa shape index (κ2) is 5.28. The second-order valence-electron chi connectivity index (χ2n) is 4.76. The van der Waals surface area contributed by atoms with Gasteiger partial charge in [-0.1, -0.05) is 19.1 Å². The number of piperidine rings is 1. The zero-order valence-electron chi connectivity index (χ0n) is 10.9. The van der Waals surface area contributed by atoms with E-state index >= 15 is 0 Å². The van der Waals surface area contributed by atoms with E-state index in [-0.39, 0.29) is 5.92 Å². The molecule has 0 aliphatic carbocycles. The van der Waals surface area contributed by atoms with E-state index in [4.69, 9.17) is 4.74 Å². The maximum absolute atomic E-state index is 9.56. The molecule has 2 N–H and O–H groups in total. The molecule has 2 atom stereocenters. The topological polar surface area (TPSA) is 57.1 Å². The van der Waals surface area contributed by atoms with Crippen molar-refractivity contribution in [1.82, 2.24) is 5.32 Å². The predicted molar refractivity (Wildman–Crippen MR) is 71.6 cm³/mol. The van der Waals surface area contributed by atoms with Crippen molar-refractivity contribution in [1.29, 1.82) is 5.26 Å². The Hall–Kier alpha value is -1.73. The average Bonchev–Trinajstić information content (AvgIpc) is 2.42. The van der Waals surface area contributed by atoms with E-state index in [0.29, 0.717) is 0 Å². The number of hydrogen-bond donors (Lipinski definition) is 2. The first kappa shape index (κ1) is 12.7. The van der Waals surface area contributed by atoms with Crippen LogP contribution in [0.3, 0.4) is 0 Å². The maximum Gasteiger partial charge on any atom is 0.141 e. The van der Waals surface area contributed by atoms with Crippen molar-refractivity contribution < 1.29 is 4.74 Å². The summed E-state index contributed by atoms with van der Waals surface area (Å²) in [6.45, 7) is 3.81. The fourth-order valence-electron chi connectivity index (χ4n) is 2.39. The Balaban J connectivity index is 2.27. The van der Waals surface area contributed by atoms with Crippen molar-refractivity contribution in [2.45, 2.75) is 18.9 Å². The molecule has 96 valence electrons. The molecule has 1 aromatic carbocycles. The van der Waals surface area contributed by atoms with Crippen molar-refractivity contribution >= 4 is 5.69 Å². The van der Waals surface area contributed by atoms with E-state index in [1.807, 2.05) is 24.3 Å². The van der Waals surface area contributed by atoms with Crippen molar-refractivity contribution in [3.05, 3.63) is 24.3 Å². The number of nitriles is 1. The molecule has 4 nitrogen and oxygen atoms in total. The largest absolute Gasteiger partial charge is 0.495 e. The average molecular weight is 245 g/mol. The molecule has 1 aliphatic heterocycles. The number of nitrogens with zero attached hydrogens (tertiary/aromatic N) is 1. The summed E-state index contributed by atoms with van der Waals surface area (Å²) in [5, 5.41) is 16.3. The molecule has 2 unspecified atom stereocenters. The third-order valence-corrected chi connectivity index (χ3v) is 3.65. The molecule has 0 amide bonds. The van der Waals surface area contributed by atoms with Crippen molar-refractivity contribution in [2.24, 2.45) is 5.92 Å². The summed E-state index contributed by atoms with van der Waals surface area (Å²) < 4.78 is 5.32. The van der Waals surface area contributed by atoms with E-state index in [9.17, 15) is 5.26 Å². The van der Waals surface area contributed by atoms with Gasteiger partial charge in [0.1, 0.15) is 11.3 Å². The van der Waals surface area contributed by atoms with E-state index in [1.54, 1.807) is 7.11 Å². The van der Waals surface area contributed by atoms with E-state index < -0.39 is 5.54 Å². The summed E-state index contributed by atoms with van der Waals surface area (Å²) in [4.78, 5) is 0. The molecule has 1 heterocycles. The van der Waals surface area contributed by atoms with Crippen LogP contribution in [0.2, 0.25) is 0 Å². The molecule has 0 aromatic heterocycles. The molecular weight excluding hydrogens is 226 g/mol. The van der Waals surface area contributed by atoms with Gasteiger partial charge in [0.25, 0.3) is 0 Å². The summed E-state index contributed by atoms with van der Waals surface area (Å²) in [7, 11) is 1.64. The van der Waals surface area contributed by atoms with Gasteiger partial charge in [-0.15, -0.1) is 0 Å². The number of anilines is 1. The van der Waals surface area contributed by atoms with Crippen LogP contribution in [0.5, 0.6) is 5.75 Å². The van der Waals surface area contributed by atoms with Gasteiger partial charge >= 0.3 is 0 Å². The van der Waals surface area contributed by atoms with Gasteiger partial charge in [0.05, 0.1) is 18.9 Å². The SMILES string of the molecule is COc1ccccc1NC1(C#N)CCNCC1C. The lowest BCUT2D eigenvalue weighted by Gasteiger charge is -2.39. The zero-order valence-corrected chi connectivity index (χ0v) is 10.9. The quantitative estimate of drug-likeness (QED) is 0.855. The smallest absolute Gasteiger partial charge is 0.141 e. The highest BCUT2D eigenvalue weighted by Gasteiger charge is 2.38. The minimum Gasteiger partial charge on any atom is -0.495 e. The molecule has 4 heteroatoms. The number of hydrogen-bond acceptors (Lipinski definition) is 4. The minimum absolute atomic E-state index is 0.251. The van der Waals surface area contributed by atoms with Gasteiger partial charge in [0, 0.05) is 12.5 Å². The molecule has 0 saturated carbocycles. The number of ether oxygens (including phenoxy) is 1. The van der Waals surface area contributed by atoms with Gasteiger partial charge in [0.2, 0.25) is 0 Å². The third kappa shape index (κ3) is 2.27. The van der Waals surface area contributed by atoms with Gasteiger partial charge < -0.3 is 15.4 Å². The highest BCUT2D eigenvalue weighted by atomic mass is 16.5. The number of para-hydroxylation sites is 2. The molecule has 1 aromatic rings. The predicted octanol–water partition coefficient (Wildman–Crippen LogP) is 2.00. The first-order valence-electron chi connectivity index (χ1n) is 6.25. The highest BCUT2D eigenvalue weighted by molar-refractivity contribution is 5.59. The number of nitrogens with one attached hydrogen (secondary N) is 2. The van der Waals surface area contributed by atoms with Crippen LogP contribution in [0.25, 0.3) is 0 Å². The monoisotopic (exact) mass is 245 g/mol. The van der Waals surface area contributed by atoms with Gasteiger partial charge in [-0.05, 0) is 25.1 Å². The Morgan fingerprint density at radius 1 is 1.50 bits per heavy atom. The van der Waals surface area contributed by atoms with Crippen LogP contribution in [0, 0.1) is 17.2 Å². The fourth-order valence-corrected chi connectivity index (χ4v) is 2.39. The lowest BCUT2D eigenvalue weighted by molar-refractivity contribution is 0.303. The molecule has 1 fully saturated rings. The van der Waals surface area contributed by atoms with Crippen LogP contribution in [-0.2, 0) is 0 Å². The van der Waals surface area contributed by atoms with E-state index in [1.165, 1.54) is 0 Å². The van der Waals surface area contributed by atoms with Gasteiger partial charge in [-0.2, -0.15) is 5.26 Å². The number of methoxy groups -OCH3 is 1. The molecule has 0 bridgehead atoms. The fraction of sp³-hybridized carbons (Fsp3) is 0.500. The molecule has 1 aliphatic rings. The lowest BCUT2D eigenvalue weighted by atomic mass is 9.80. The summed E-state index contributed by atoms with van der Waals surface area (Å²) in [6, 6.07) is 10.2. The van der Waals surface area contributed by atoms with Crippen molar-refractivity contribution in [2.75, 3.05) is 25.5 Å². The summed E-state index contributed by atoms with van der Waals surface area (Å²) in [5.41, 5.74) is 0.371. The standard InChI is InChI=1S/C14H19N3O/c1-11-9-16-8-7-14(11,10-15)17-12-5-3-4-6-13(12)18-2/h3-6,11,16-17H,7-9H2,1-2H3. The van der Waals surface area contributed by atoms with Crippen LogP contribution in [0.15, 0.2) is 24.3 Å². The number of benzene rings is 1.